The first-order chi connectivity index (χ1) is 15.8. The number of hydrogen-bond donors (Lipinski definition) is 0. The first kappa shape index (κ1) is 26.9. The number of hydrogen-bond acceptors (Lipinski definition) is 6. The molecule has 0 aliphatic carbocycles. The topological polar surface area (TPSA) is 94.6 Å². The predicted octanol–water partition coefficient (Wildman–Crippen LogP) is 6.15. The van der Waals surface area contributed by atoms with Crippen LogP contribution in [0.2, 0.25) is 0 Å². The van der Waals surface area contributed by atoms with Crippen molar-refractivity contribution >= 4 is 5.69 Å². The summed E-state index contributed by atoms with van der Waals surface area (Å²) in [6.45, 7) is 0.373. The Morgan fingerprint density at radius 3 is 2.21 bits per heavy atom. The van der Waals surface area contributed by atoms with Crippen molar-refractivity contribution in [2.24, 2.45) is 0 Å². The SMILES string of the molecule is CCCc1cc(C(OCOC)(C(F)(F)F)C(F)(F)F)ccc1Oc1ccc([N+](=O)[O-])c(C#N)c1. The van der Waals surface area contributed by atoms with E-state index in [4.69, 9.17) is 10.00 Å². The summed E-state index contributed by atoms with van der Waals surface area (Å²) in [6, 6.07) is 6.99. The molecule has 0 aliphatic heterocycles. The second-order valence-electron chi connectivity index (χ2n) is 6.95. The van der Waals surface area contributed by atoms with Crippen molar-refractivity contribution in [1.29, 1.82) is 5.26 Å². The van der Waals surface area contributed by atoms with Crippen molar-refractivity contribution in [3.8, 4) is 17.6 Å². The molecule has 0 atom stereocenters. The van der Waals surface area contributed by atoms with Crippen molar-refractivity contribution in [3.63, 3.8) is 0 Å². The Kier molecular flexibility index (Phi) is 8.12. The molecule has 0 spiro atoms. The fraction of sp³-hybridized carbons (Fsp3) is 0.381. The van der Waals surface area contributed by atoms with Crippen molar-refractivity contribution in [2.45, 2.75) is 37.7 Å². The average Bonchev–Trinajstić information content (AvgIpc) is 2.73. The van der Waals surface area contributed by atoms with Crippen LogP contribution in [-0.2, 0) is 21.5 Å². The molecular weight excluding hydrogens is 474 g/mol. The fourth-order valence-electron chi connectivity index (χ4n) is 3.20. The van der Waals surface area contributed by atoms with Crippen LogP contribution in [0.15, 0.2) is 36.4 Å². The number of nitrogens with zero attached hydrogens (tertiary/aromatic N) is 2. The van der Waals surface area contributed by atoms with Crippen LogP contribution in [0.4, 0.5) is 32.0 Å². The lowest BCUT2D eigenvalue weighted by Gasteiger charge is -2.37. The van der Waals surface area contributed by atoms with Crippen LogP contribution in [-0.4, -0.2) is 31.2 Å². The zero-order valence-electron chi connectivity index (χ0n) is 17.8. The van der Waals surface area contributed by atoms with Crippen LogP contribution in [0.5, 0.6) is 11.5 Å². The van der Waals surface area contributed by atoms with Crippen LogP contribution in [0.25, 0.3) is 0 Å². The Morgan fingerprint density at radius 2 is 1.71 bits per heavy atom. The Labute approximate surface area is 189 Å². The van der Waals surface area contributed by atoms with Crippen LogP contribution >= 0.6 is 0 Å². The molecule has 0 saturated heterocycles. The number of aryl methyl sites for hydroxylation is 1. The van der Waals surface area contributed by atoms with Crippen molar-refractivity contribution in [3.05, 3.63) is 63.2 Å². The van der Waals surface area contributed by atoms with E-state index in [1.54, 1.807) is 13.0 Å². The van der Waals surface area contributed by atoms with Crippen molar-refractivity contribution in [1.82, 2.24) is 0 Å². The number of nitro groups is 1. The summed E-state index contributed by atoms with van der Waals surface area (Å²) in [5.74, 6) is -0.158. The number of nitriles is 1. The molecule has 0 N–H and O–H groups in total. The highest BCUT2D eigenvalue weighted by molar-refractivity contribution is 5.53. The van der Waals surface area contributed by atoms with Crippen molar-refractivity contribution in [2.75, 3.05) is 13.9 Å². The van der Waals surface area contributed by atoms with Gasteiger partial charge in [0.15, 0.2) is 0 Å². The number of methoxy groups -OCH3 is 1. The Hall–Kier alpha value is -3.37. The van der Waals surface area contributed by atoms with E-state index < -0.39 is 40.9 Å². The monoisotopic (exact) mass is 492 g/mol. The van der Waals surface area contributed by atoms with Gasteiger partial charge < -0.3 is 14.2 Å². The third-order valence-corrected chi connectivity index (χ3v) is 4.69. The van der Waals surface area contributed by atoms with Crippen LogP contribution < -0.4 is 4.74 Å². The zero-order chi connectivity index (χ0) is 25.7. The van der Waals surface area contributed by atoms with E-state index in [-0.39, 0.29) is 29.0 Å². The smallest absolute Gasteiger partial charge is 0.430 e. The van der Waals surface area contributed by atoms with E-state index in [1.807, 2.05) is 0 Å². The first-order valence-electron chi connectivity index (χ1n) is 9.58. The van der Waals surface area contributed by atoms with Gasteiger partial charge in [-0.25, -0.2) is 0 Å². The third kappa shape index (κ3) is 5.23. The number of benzene rings is 2. The third-order valence-electron chi connectivity index (χ3n) is 4.69. The molecule has 0 unspecified atom stereocenters. The molecule has 34 heavy (non-hydrogen) atoms. The van der Waals surface area contributed by atoms with E-state index in [0.717, 1.165) is 31.4 Å². The molecule has 0 bridgehead atoms. The van der Waals surface area contributed by atoms with E-state index >= 15 is 0 Å². The van der Waals surface area contributed by atoms with Gasteiger partial charge in [0.05, 0.1) is 4.92 Å². The summed E-state index contributed by atoms with van der Waals surface area (Å²) in [6.07, 6.45) is -11.4. The molecular formula is C21H18F6N2O5. The van der Waals surface area contributed by atoms with Gasteiger partial charge in [-0.1, -0.05) is 19.4 Å². The normalized spacial score (nSPS) is 12.3. The highest BCUT2D eigenvalue weighted by atomic mass is 19.4. The molecule has 0 fully saturated rings. The van der Waals surface area contributed by atoms with Gasteiger partial charge in [0.25, 0.3) is 11.3 Å². The molecule has 0 saturated carbocycles. The van der Waals surface area contributed by atoms with Gasteiger partial charge in [0.1, 0.15) is 29.9 Å². The highest BCUT2D eigenvalue weighted by Crippen LogP contribution is 2.53. The van der Waals surface area contributed by atoms with E-state index in [1.165, 1.54) is 0 Å². The molecule has 7 nitrogen and oxygen atoms in total. The maximum Gasteiger partial charge on any atom is 0.430 e. The van der Waals surface area contributed by atoms with Gasteiger partial charge in [-0.3, -0.25) is 10.1 Å². The van der Waals surface area contributed by atoms with Gasteiger partial charge in [0, 0.05) is 24.8 Å². The van der Waals surface area contributed by atoms with Gasteiger partial charge in [-0.15, -0.1) is 0 Å². The van der Waals surface area contributed by atoms with Gasteiger partial charge in [-0.05, 0) is 30.2 Å². The Bertz CT molecular complexity index is 1060. The van der Waals surface area contributed by atoms with Gasteiger partial charge >= 0.3 is 12.4 Å². The Morgan fingerprint density at radius 1 is 1.06 bits per heavy atom. The van der Waals surface area contributed by atoms with Crippen LogP contribution in [0.3, 0.4) is 0 Å². The molecule has 0 aromatic heterocycles. The molecule has 2 aromatic rings. The zero-order valence-corrected chi connectivity index (χ0v) is 17.8. The Balaban J connectivity index is 2.62. The maximum absolute atomic E-state index is 13.8. The average molecular weight is 492 g/mol. The van der Waals surface area contributed by atoms with E-state index in [2.05, 4.69) is 9.47 Å². The molecule has 0 amide bonds. The van der Waals surface area contributed by atoms with Gasteiger partial charge in [0.2, 0.25) is 0 Å². The number of nitro benzene ring substituents is 1. The lowest BCUT2D eigenvalue weighted by Crippen LogP contribution is -2.56. The fourth-order valence-corrected chi connectivity index (χ4v) is 3.20. The predicted molar refractivity (Wildman–Crippen MR) is 105 cm³/mol. The summed E-state index contributed by atoms with van der Waals surface area (Å²) in [5, 5.41) is 20.1. The molecule has 0 radical (unpaired) electrons. The largest absolute Gasteiger partial charge is 0.457 e. The molecule has 13 heteroatoms. The van der Waals surface area contributed by atoms with E-state index in [0.29, 0.717) is 18.6 Å². The van der Waals surface area contributed by atoms with Crippen LogP contribution in [0.1, 0.15) is 30.0 Å². The molecule has 184 valence electrons. The summed E-state index contributed by atoms with van der Waals surface area (Å²) >= 11 is 0. The van der Waals surface area contributed by atoms with Crippen molar-refractivity contribution < 1.29 is 45.5 Å². The molecule has 2 rings (SSSR count). The summed E-state index contributed by atoms with van der Waals surface area (Å²) in [7, 11) is 0.886. The second-order valence-corrected chi connectivity index (χ2v) is 6.95. The second kappa shape index (κ2) is 10.3. The minimum absolute atomic E-state index is 0.00393. The molecule has 2 aromatic carbocycles. The molecule has 0 aliphatic rings. The minimum Gasteiger partial charge on any atom is -0.457 e. The summed E-state index contributed by atoms with van der Waals surface area (Å²) in [5.41, 5.74) is -6.71. The van der Waals surface area contributed by atoms with Crippen LogP contribution in [0, 0.1) is 21.4 Å². The minimum atomic E-state index is -5.88. The highest BCUT2D eigenvalue weighted by Gasteiger charge is 2.73. The quantitative estimate of drug-likeness (QED) is 0.180. The molecule has 0 heterocycles. The summed E-state index contributed by atoms with van der Waals surface area (Å²) < 4.78 is 97.0. The number of ether oxygens (including phenoxy) is 3. The number of rotatable bonds is 9. The first-order valence-corrected chi connectivity index (χ1v) is 9.58. The standard InChI is InChI=1S/C21H18F6N2O5/c1-3-4-13-9-15(19(20(22,23)24,21(25,26)27)33-12-32-2)5-8-18(13)34-16-6-7-17(29(30)31)14(10-16)11-28/h5-10H,3-4,12H2,1-2H3. The number of halogens is 6. The lowest BCUT2D eigenvalue weighted by atomic mass is 9.89. The lowest BCUT2D eigenvalue weighted by molar-refractivity contribution is -0.400. The summed E-state index contributed by atoms with van der Waals surface area (Å²) in [4.78, 5) is 10.2. The number of alkyl halides is 6. The maximum atomic E-state index is 13.8. The van der Waals surface area contributed by atoms with Gasteiger partial charge in [-0.2, -0.15) is 31.6 Å². The van der Waals surface area contributed by atoms with E-state index in [9.17, 15) is 36.5 Å².